The zero-order valence-corrected chi connectivity index (χ0v) is 23.4. The molecule has 0 spiro atoms. The average Bonchev–Trinajstić information content (AvgIpc) is 3.23. The third-order valence-electron chi connectivity index (χ3n) is 6.60. The molecule has 6 heteroatoms. The Hall–Kier alpha value is -2.38. The zero-order valence-electron chi connectivity index (χ0n) is 23.4. The lowest BCUT2D eigenvalue weighted by molar-refractivity contribution is -0.153. The monoisotopic (exact) mass is 512 g/mol. The van der Waals surface area contributed by atoms with Gasteiger partial charge in [-0.25, -0.2) is 0 Å². The standard InChI is InChI=1S/C31H44O6/c1-22(18-34-20-25-10-14-27(32-6)15-11-25)8-9-23(2)29-30(37-31(4,5)36-29)24(3)19-35-21-26-12-16-28(33-7)17-13-26/h8-17,22-24,29-30H,18-21H2,1-7H3/b9-8-/t22-,23-,24-,29-,30-/m0/s1. The van der Waals surface area contributed by atoms with Crippen molar-refractivity contribution in [3.05, 3.63) is 71.8 Å². The molecule has 6 nitrogen and oxygen atoms in total. The van der Waals surface area contributed by atoms with Crippen molar-refractivity contribution in [2.45, 2.75) is 65.8 Å². The fraction of sp³-hybridized carbons (Fsp3) is 0.548. The Morgan fingerprint density at radius 3 is 1.73 bits per heavy atom. The molecule has 0 N–H and O–H groups in total. The molecule has 0 aliphatic carbocycles. The van der Waals surface area contributed by atoms with E-state index in [0.29, 0.717) is 32.3 Å². The highest BCUT2D eigenvalue weighted by Crippen LogP contribution is 2.36. The van der Waals surface area contributed by atoms with Crippen molar-refractivity contribution >= 4 is 0 Å². The van der Waals surface area contributed by atoms with E-state index in [1.54, 1.807) is 14.2 Å². The second kappa shape index (κ2) is 14.0. The van der Waals surface area contributed by atoms with E-state index in [2.05, 4.69) is 32.9 Å². The van der Waals surface area contributed by atoms with Crippen LogP contribution in [0.15, 0.2) is 60.7 Å². The van der Waals surface area contributed by atoms with Crippen LogP contribution in [-0.2, 0) is 32.2 Å². The van der Waals surface area contributed by atoms with E-state index in [4.69, 9.17) is 28.4 Å². The Labute approximate surface area is 222 Å². The maximum absolute atomic E-state index is 6.34. The first-order valence-electron chi connectivity index (χ1n) is 13.2. The van der Waals surface area contributed by atoms with Crippen LogP contribution in [0.2, 0.25) is 0 Å². The second-order valence-corrected chi connectivity index (χ2v) is 10.5. The van der Waals surface area contributed by atoms with Gasteiger partial charge in [0, 0.05) is 11.8 Å². The van der Waals surface area contributed by atoms with Crippen molar-refractivity contribution in [1.82, 2.24) is 0 Å². The third kappa shape index (κ3) is 9.15. The lowest BCUT2D eigenvalue weighted by Gasteiger charge is -2.26. The maximum Gasteiger partial charge on any atom is 0.163 e. The van der Waals surface area contributed by atoms with E-state index in [-0.39, 0.29) is 24.0 Å². The van der Waals surface area contributed by atoms with Crippen LogP contribution in [0.5, 0.6) is 11.5 Å². The van der Waals surface area contributed by atoms with Crippen molar-refractivity contribution in [2.75, 3.05) is 27.4 Å². The van der Waals surface area contributed by atoms with Crippen LogP contribution in [0, 0.1) is 17.8 Å². The molecule has 204 valence electrons. The molecule has 1 aliphatic heterocycles. The predicted molar refractivity (Wildman–Crippen MR) is 146 cm³/mol. The summed E-state index contributed by atoms with van der Waals surface area (Å²) in [7, 11) is 3.34. The van der Waals surface area contributed by atoms with Gasteiger partial charge in [0.15, 0.2) is 5.79 Å². The molecule has 0 aromatic heterocycles. The number of hydrogen-bond donors (Lipinski definition) is 0. The highest BCUT2D eigenvalue weighted by atomic mass is 16.8. The van der Waals surface area contributed by atoms with Gasteiger partial charge in [0.1, 0.15) is 11.5 Å². The van der Waals surface area contributed by atoms with E-state index in [1.807, 2.05) is 62.4 Å². The van der Waals surface area contributed by atoms with Gasteiger partial charge in [-0.1, -0.05) is 57.2 Å². The lowest BCUT2D eigenvalue weighted by Crippen LogP contribution is -2.35. The SMILES string of the molecule is COc1ccc(COC[C@@H](C)/C=C\[C@H](C)[C@@H]2OC(C)(C)O[C@H]2[C@@H](C)COCc2ccc(OC)cc2)cc1. The molecule has 37 heavy (non-hydrogen) atoms. The molecule has 1 heterocycles. The Kier molecular flexibility index (Phi) is 11.0. The summed E-state index contributed by atoms with van der Waals surface area (Å²) in [4.78, 5) is 0. The topological polar surface area (TPSA) is 55.4 Å². The minimum absolute atomic E-state index is 0.0433. The summed E-state index contributed by atoms with van der Waals surface area (Å²) in [5, 5.41) is 0. The van der Waals surface area contributed by atoms with Crippen molar-refractivity contribution in [1.29, 1.82) is 0 Å². The van der Waals surface area contributed by atoms with Crippen LogP contribution in [0.4, 0.5) is 0 Å². The zero-order chi connectivity index (χ0) is 26.8. The molecule has 0 saturated carbocycles. The molecule has 1 aliphatic rings. The van der Waals surface area contributed by atoms with E-state index < -0.39 is 5.79 Å². The molecule has 3 rings (SSSR count). The molecule has 1 saturated heterocycles. The molecule has 2 aromatic carbocycles. The minimum atomic E-state index is -0.616. The van der Waals surface area contributed by atoms with Crippen molar-refractivity contribution < 1.29 is 28.4 Å². The van der Waals surface area contributed by atoms with E-state index in [0.717, 1.165) is 22.6 Å². The summed E-state index contributed by atoms with van der Waals surface area (Å²) in [5.74, 6) is 1.76. The molecular formula is C31H44O6. The summed E-state index contributed by atoms with van der Waals surface area (Å²) in [5.41, 5.74) is 2.25. The first kappa shape index (κ1) is 29.2. The quantitative estimate of drug-likeness (QED) is 0.272. The molecule has 0 unspecified atom stereocenters. The summed E-state index contributed by atoms with van der Waals surface area (Å²) in [6.45, 7) is 12.9. The third-order valence-corrected chi connectivity index (χ3v) is 6.60. The fourth-order valence-electron chi connectivity index (χ4n) is 4.46. The molecule has 0 amide bonds. The molecule has 0 bridgehead atoms. The predicted octanol–water partition coefficient (Wildman–Crippen LogP) is 6.42. The van der Waals surface area contributed by atoms with Gasteiger partial charge in [-0.15, -0.1) is 0 Å². The lowest BCUT2D eigenvalue weighted by atomic mass is 9.91. The van der Waals surface area contributed by atoms with Crippen LogP contribution in [0.1, 0.15) is 45.7 Å². The van der Waals surface area contributed by atoms with Gasteiger partial charge < -0.3 is 28.4 Å². The highest BCUT2D eigenvalue weighted by molar-refractivity contribution is 5.27. The van der Waals surface area contributed by atoms with Crippen LogP contribution < -0.4 is 9.47 Å². The van der Waals surface area contributed by atoms with Gasteiger partial charge in [-0.05, 0) is 55.2 Å². The average molecular weight is 513 g/mol. The number of rotatable bonds is 14. The first-order valence-corrected chi connectivity index (χ1v) is 13.2. The van der Waals surface area contributed by atoms with Gasteiger partial charge in [-0.3, -0.25) is 0 Å². The van der Waals surface area contributed by atoms with Gasteiger partial charge in [-0.2, -0.15) is 0 Å². The van der Waals surface area contributed by atoms with Gasteiger partial charge in [0.25, 0.3) is 0 Å². The van der Waals surface area contributed by atoms with Crippen LogP contribution >= 0.6 is 0 Å². The van der Waals surface area contributed by atoms with E-state index >= 15 is 0 Å². The highest BCUT2D eigenvalue weighted by Gasteiger charge is 2.45. The molecule has 2 aromatic rings. The van der Waals surface area contributed by atoms with E-state index in [1.165, 1.54) is 0 Å². The normalized spacial score (nSPS) is 21.6. The van der Waals surface area contributed by atoms with Crippen molar-refractivity contribution in [3.63, 3.8) is 0 Å². The Morgan fingerprint density at radius 1 is 0.730 bits per heavy atom. The maximum atomic E-state index is 6.34. The van der Waals surface area contributed by atoms with Crippen LogP contribution in [0.25, 0.3) is 0 Å². The number of benzene rings is 2. The van der Waals surface area contributed by atoms with Gasteiger partial charge in [0.2, 0.25) is 0 Å². The Balaban J connectivity index is 1.46. The molecule has 5 atom stereocenters. The molecule has 1 fully saturated rings. The number of hydrogen-bond acceptors (Lipinski definition) is 6. The smallest absolute Gasteiger partial charge is 0.163 e. The second-order valence-electron chi connectivity index (χ2n) is 10.5. The minimum Gasteiger partial charge on any atom is -0.497 e. The molecule has 0 radical (unpaired) electrons. The largest absolute Gasteiger partial charge is 0.497 e. The Morgan fingerprint density at radius 2 is 1.22 bits per heavy atom. The van der Waals surface area contributed by atoms with E-state index in [9.17, 15) is 0 Å². The summed E-state index contributed by atoms with van der Waals surface area (Å²) in [6.07, 6.45) is 4.36. The number of methoxy groups -OCH3 is 2. The molecular weight excluding hydrogens is 468 g/mol. The van der Waals surface area contributed by atoms with Gasteiger partial charge >= 0.3 is 0 Å². The summed E-state index contributed by atoms with van der Waals surface area (Å²) >= 11 is 0. The summed E-state index contributed by atoms with van der Waals surface area (Å²) in [6, 6.07) is 15.9. The Bertz CT molecular complexity index is 953. The van der Waals surface area contributed by atoms with Gasteiger partial charge in [0.05, 0.1) is 52.9 Å². The first-order chi connectivity index (χ1) is 17.7. The van der Waals surface area contributed by atoms with Crippen LogP contribution in [-0.4, -0.2) is 45.4 Å². The van der Waals surface area contributed by atoms with Crippen molar-refractivity contribution in [2.24, 2.45) is 17.8 Å². The number of ether oxygens (including phenoxy) is 6. The summed E-state index contributed by atoms with van der Waals surface area (Å²) < 4.78 is 35.1. The fourth-order valence-corrected chi connectivity index (χ4v) is 4.46. The van der Waals surface area contributed by atoms with Crippen molar-refractivity contribution in [3.8, 4) is 11.5 Å². The van der Waals surface area contributed by atoms with Crippen LogP contribution in [0.3, 0.4) is 0 Å².